The highest BCUT2D eigenvalue weighted by atomic mass is 79.9. The Morgan fingerprint density at radius 1 is 1.09 bits per heavy atom. The number of amides is 1. The maximum Gasteiger partial charge on any atom is 0.314 e. The average molecular weight is 675 g/mol. The predicted octanol–water partition coefficient (Wildman–Crippen LogP) is 5.98. The number of aromatic nitrogens is 1. The Morgan fingerprint density at radius 2 is 1.81 bits per heavy atom. The van der Waals surface area contributed by atoms with Crippen LogP contribution in [0.2, 0.25) is 0 Å². The molecule has 232 valence electrons. The fraction of sp³-hybridized carbons (Fsp3) is 0.500. The Hall–Kier alpha value is -2.89. The minimum Gasteiger partial charge on any atom is -0.497 e. The minimum atomic E-state index is -3.96. The fourth-order valence-corrected chi connectivity index (χ4v) is 7.86. The van der Waals surface area contributed by atoms with Gasteiger partial charge < -0.3 is 14.0 Å². The van der Waals surface area contributed by atoms with E-state index in [1.807, 2.05) is 31.2 Å². The van der Waals surface area contributed by atoms with Crippen molar-refractivity contribution in [3.63, 3.8) is 0 Å². The van der Waals surface area contributed by atoms with Gasteiger partial charge in [0.15, 0.2) is 0 Å². The van der Waals surface area contributed by atoms with Gasteiger partial charge in [0.05, 0.1) is 19.1 Å². The van der Waals surface area contributed by atoms with Gasteiger partial charge >= 0.3 is 16.2 Å². The van der Waals surface area contributed by atoms with Crippen LogP contribution in [0.1, 0.15) is 79.3 Å². The lowest BCUT2D eigenvalue weighted by molar-refractivity contribution is -0.151. The van der Waals surface area contributed by atoms with Gasteiger partial charge in [-0.15, -0.1) is 0 Å². The summed E-state index contributed by atoms with van der Waals surface area (Å²) in [5.74, 6) is -0.0188. The monoisotopic (exact) mass is 673 g/mol. The molecular weight excluding hydrogens is 634 g/mol. The van der Waals surface area contributed by atoms with E-state index in [2.05, 4.69) is 38.3 Å². The number of methoxy groups -OCH3 is 1. The first-order valence-corrected chi connectivity index (χ1v) is 17.1. The van der Waals surface area contributed by atoms with Gasteiger partial charge in [0, 0.05) is 53.7 Å². The van der Waals surface area contributed by atoms with E-state index in [9.17, 15) is 18.0 Å². The molecule has 2 aliphatic carbocycles. The molecule has 0 radical (unpaired) electrons. The highest BCUT2D eigenvalue weighted by molar-refractivity contribution is 9.10. The first kappa shape index (κ1) is 31.5. The van der Waals surface area contributed by atoms with E-state index in [4.69, 9.17) is 9.47 Å². The summed E-state index contributed by atoms with van der Waals surface area (Å²) in [5, 5.41) is 1.02. The molecule has 0 saturated heterocycles. The molecule has 1 amide bonds. The Balaban J connectivity index is 1.61. The van der Waals surface area contributed by atoms with Crippen molar-refractivity contribution < 1.29 is 27.5 Å². The maximum absolute atomic E-state index is 13.8. The molecule has 2 saturated carbocycles. The minimum absolute atomic E-state index is 0.0257. The van der Waals surface area contributed by atoms with Crippen LogP contribution < -0.4 is 9.46 Å². The second-order valence-corrected chi connectivity index (χ2v) is 14.7. The standard InChI is InChI=1S/C32H40BrN3O6S/c1-6-42-31(38)32(20(2)29(32)25-17-23(41-5)13-15-27(25)33)19-36-18-26(21-10-8-7-9-11-21)24-14-12-22(16-28(24)36)30(37)34-43(39,40)35(3)4/h12-18,20-21,29H,6-11,19H2,1-5H3,(H,34,37). The quantitative estimate of drug-likeness (QED) is 0.266. The molecule has 2 fully saturated rings. The van der Waals surface area contributed by atoms with Gasteiger partial charge in [-0.25, -0.2) is 4.72 Å². The number of halogens is 1. The van der Waals surface area contributed by atoms with Gasteiger partial charge in [0.2, 0.25) is 0 Å². The topological polar surface area (TPSA) is 107 Å². The van der Waals surface area contributed by atoms with Gasteiger partial charge in [-0.05, 0) is 73.1 Å². The van der Waals surface area contributed by atoms with E-state index in [0.29, 0.717) is 18.2 Å². The molecule has 9 nitrogen and oxygen atoms in total. The lowest BCUT2D eigenvalue weighted by atomic mass is 9.84. The summed E-state index contributed by atoms with van der Waals surface area (Å²) < 4.78 is 42.1. The van der Waals surface area contributed by atoms with Crippen LogP contribution in [0.4, 0.5) is 0 Å². The van der Waals surface area contributed by atoms with Gasteiger partial charge in [0.1, 0.15) is 5.75 Å². The van der Waals surface area contributed by atoms with Crippen molar-refractivity contribution >= 4 is 48.9 Å². The van der Waals surface area contributed by atoms with Crippen molar-refractivity contribution in [1.29, 1.82) is 0 Å². The molecule has 3 unspecified atom stereocenters. The summed E-state index contributed by atoms with van der Waals surface area (Å²) in [6.07, 6.45) is 7.86. The molecule has 43 heavy (non-hydrogen) atoms. The van der Waals surface area contributed by atoms with Crippen LogP contribution in [0.25, 0.3) is 10.9 Å². The lowest BCUT2D eigenvalue weighted by Gasteiger charge is -2.21. The Labute approximate surface area is 262 Å². The zero-order chi connectivity index (χ0) is 31.1. The fourth-order valence-electron chi connectivity index (χ4n) is 6.83. The molecule has 1 N–H and O–H groups in total. The van der Waals surface area contributed by atoms with Crippen LogP contribution in [-0.2, 0) is 26.3 Å². The average Bonchev–Trinajstić information content (AvgIpc) is 3.40. The molecule has 0 spiro atoms. The molecule has 11 heteroatoms. The normalized spacial score (nSPS) is 22.5. The third-order valence-corrected chi connectivity index (χ3v) is 11.4. The summed E-state index contributed by atoms with van der Waals surface area (Å²) in [6, 6.07) is 11.1. The van der Waals surface area contributed by atoms with Crippen LogP contribution in [0.3, 0.4) is 0 Å². The molecule has 0 bridgehead atoms. The van der Waals surface area contributed by atoms with Crippen LogP contribution in [0.5, 0.6) is 5.75 Å². The molecule has 3 atom stereocenters. The van der Waals surface area contributed by atoms with Crippen molar-refractivity contribution in [3.05, 3.63) is 63.8 Å². The summed E-state index contributed by atoms with van der Waals surface area (Å²) in [5.41, 5.74) is 2.37. The van der Waals surface area contributed by atoms with E-state index in [1.54, 1.807) is 19.2 Å². The number of rotatable bonds is 10. The summed E-state index contributed by atoms with van der Waals surface area (Å²) in [4.78, 5) is 26.9. The SMILES string of the molecule is CCOC(=O)C1(Cn2cc(C3CCCCC3)c3ccc(C(=O)NS(=O)(=O)N(C)C)cc32)C(C)C1c1cc(OC)ccc1Br. The number of nitrogens with zero attached hydrogens (tertiary/aromatic N) is 2. The van der Waals surface area contributed by atoms with Crippen molar-refractivity contribution in [2.45, 2.75) is 64.3 Å². The summed E-state index contributed by atoms with van der Waals surface area (Å²) >= 11 is 3.70. The number of hydrogen-bond acceptors (Lipinski definition) is 6. The van der Waals surface area contributed by atoms with Gasteiger partial charge in [-0.1, -0.05) is 48.2 Å². The zero-order valence-electron chi connectivity index (χ0n) is 25.4. The predicted molar refractivity (Wildman–Crippen MR) is 170 cm³/mol. The highest BCUT2D eigenvalue weighted by Crippen LogP contribution is 2.67. The third-order valence-electron chi connectivity index (χ3n) is 9.31. The van der Waals surface area contributed by atoms with Crippen molar-refractivity contribution in [2.75, 3.05) is 27.8 Å². The van der Waals surface area contributed by atoms with Crippen LogP contribution in [-0.4, -0.2) is 57.0 Å². The number of fused-ring (bicyclic) bond motifs is 1. The number of hydrogen-bond donors (Lipinski definition) is 1. The van der Waals surface area contributed by atoms with Crippen molar-refractivity contribution in [2.24, 2.45) is 11.3 Å². The second-order valence-electron chi connectivity index (χ2n) is 11.9. The second kappa shape index (κ2) is 12.2. The van der Waals surface area contributed by atoms with E-state index in [1.165, 1.54) is 26.1 Å². The number of ether oxygens (including phenoxy) is 2. The summed E-state index contributed by atoms with van der Waals surface area (Å²) in [6.45, 7) is 4.51. The van der Waals surface area contributed by atoms with E-state index in [-0.39, 0.29) is 30.0 Å². The number of carbonyl (C=O) groups excluding carboxylic acids is 2. The molecule has 2 aliphatic rings. The smallest absolute Gasteiger partial charge is 0.314 e. The van der Waals surface area contributed by atoms with Crippen LogP contribution >= 0.6 is 15.9 Å². The molecule has 1 heterocycles. The van der Waals surface area contributed by atoms with E-state index < -0.39 is 21.5 Å². The Kier molecular flexibility index (Phi) is 8.98. The van der Waals surface area contributed by atoms with Gasteiger partial charge in [-0.3, -0.25) is 9.59 Å². The number of benzene rings is 2. The first-order chi connectivity index (χ1) is 20.4. The number of carbonyl (C=O) groups is 2. The first-order valence-electron chi connectivity index (χ1n) is 14.8. The summed E-state index contributed by atoms with van der Waals surface area (Å²) in [7, 11) is 0.390. The van der Waals surface area contributed by atoms with Gasteiger partial charge in [0.25, 0.3) is 5.91 Å². The van der Waals surface area contributed by atoms with Crippen molar-refractivity contribution in [1.82, 2.24) is 13.6 Å². The molecule has 0 aliphatic heterocycles. The van der Waals surface area contributed by atoms with Crippen LogP contribution in [0, 0.1) is 11.3 Å². The van der Waals surface area contributed by atoms with E-state index >= 15 is 0 Å². The molecule has 5 rings (SSSR count). The third kappa shape index (κ3) is 5.83. The zero-order valence-corrected chi connectivity index (χ0v) is 27.8. The maximum atomic E-state index is 13.8. The molecule has 2 aromatic carbocycles. The number of nitrogens with one attached hydrogen (secondary N) is 1. The van der Waals surface area contributed by atoms with Crippen LogP contribution in [0.15, 0.2) is 47.1 Å². The largest absolute Gasteiger partial charge is 0.497 e. The van der Waals surface area contributed by atoms with E-state index in [0.717, 1.165) is 50.9 Å². The number of esters is 1. The molecular formula is C32H40BrN3O6S. The van der Waals surface area contributed by atoms with Crippen molar-refractivity contribution in [3.8, 4) is 5.75 Å². The van der Waals surface area contributed by atoms with Gasteiger partial charge in [-0.2, -0.15) is 12.7 Å². The Morgan fingerprint density at radius 3 is 2.47 bits per heavy atom. The molecule has 3 aromatic rings. The lowest BCUT2D eigenvalue weighted by Crippen LogP contribution is -2.39. The highest BCUT2D eigenvalue weighted by Gasteiger charge is 2.69. The Bertz CT molecular complexity index is 1650. The molecule has 1 aromatic heterocycles.